The van der Waals surface area contributed by atoms with Gasteiger partial charge in [0.05, 0.1) is 20.1 Å². The Labute approximate surface area is 117 Å². The van der Waals surface area contributed by atoms with Gasteiger partial charge in [0.2, 0.25) is 0 Å². The van der Waals surface area contributed by atoms with Crippen molar-refractivity contribution in [3.63, 3.8) is 0 Å². The number of carbonyl (C=O) groups excluding carboxylic acids is 1. The van der Waals surface area contributed by atoms with E-state index in [0.717, 1.165) is 35.0 Å². The average Bonchev–Trinajstić information content (AvgIpc) is 2.40. The SMILES string of the molecule is CCc1cc(CC(=O)OC)ccc1OCCCBr. The van der Waals surface area contributed by atoms with Crippen LogP contribution in [0.3, 0.4) is 0 Å². The zero-order chi connectivity index (χ0) is 13.4. The van der Waals surface area contributed by atoms with Crippen LogP contribution in [0.2, 0.25) is 0 Å². The van der Waals surface area contributed by atoms with Gasteiger partial charge in [-0.1, -0.05) is 35.0 Å². The van der Waals surface area contributed by atoms with E-state index < -0.39 is 0 Å². The summed E-state index contributed by atoms with van der Waals surface area (Å²) in [5, 5.41) is 0.939. The Morgan fingerprint density at radius 2 is 2.17 bits per heavy atom. The highest BCUT2D eigenvalue weighted by molar-refractivity contribution is 9.09. The lowest BCUT2D eigenvalue weighted by atomic mass is 10.1. The first-order valence-electron chi connectivity index (χ1n) is 6.08. The number of benzene rings is 1. The van der Waals surface area contributed by atoms with E-state index in [1.165, 1.54) is 7.11 Å². The fourth-order valence-corrected chi connectivity index (χ4v) is 1.86. The minimum Gasteiger partial charge on any atom is -0.493 e. The number of ether oxygens (including phenoxy) is 2. The molecule has 1 aromatic carbocycles. The van der Waals surface area contributed by atoms with Crippen LogP contribution in [0.15, 0.2) is 18.2 Å². The molecule has 0 aliphatic rings. The molecule has 1 aromatic rings. The number of aryl methyl sites for hydroxylation is 1. The van der Waals surface area contributed by atoms with Gasteiger partial charge in [0.15, 0.2) is 0 Å². The monoisotopic (exact) mass is 314 g/mol. The van der Waals surface area contributed by atoms with Crippen molar-refractivity contribution in [2.45, 2.75) is 26.2 Å². The van der Waals surface area contributed by atoms with Crippen LogP contribution in [-0.2, 0) is 22.4 Å². The molecule has 0 amide bonds. The zero-order valence-electron chi connectivity index (χ0n) is 10.9. The van der Waals surface area contributed by atoms with E-state index in [4.69, 9.17) is 4.74 Å². The van der Waals surface area contributed by atoms with Crippen molar-refractivity contribution in [1.29, 1.82) is 0 Å². The molecule has 18 heavy (non-hydrogen) atoms. The maximum atomic E-state index is 11.2. The molecule has 0 bridgehead atoms. The number of hydrogen-bond acceptors (Lipinski definition) is 3. The Hall–Kier alpha value is -1.03. The lowest BCUT2D eigenvalue weighted by Crippen LogP contribution is -2.06. The van der Waals surface area contributed by atoms with Gasteiger partial charge in [-0.15, -0.1) is 0 Å². The maximum absolute atomic E-state index is 11.2. The molecule has 4 heteroatoms. The Morgan fingerprint density at radius 1 is 1.39 bits per heavy atom. The molecule has 0 atom stereocenters. The number of rotatable bonds is 7. The predicted molar refractivity (Wildman–Crippen MR) is 75.4 cm³/mol. The van der Waals surface area contributed by atoms with Gasteiger partial charge in [-0.3, -0.25) is 4.79 Å². The zero-order valence-corrected chi connectivity index (χ0v) is 12.5. The van der Waals surface area contributed by atoms with Crippen LogP contribution in [0.1, 0.15) is 24.5 Å². The molecule has 0 aliphatic carbocycles. The van der Waals surface area contributed by atoms with E-state index in [-0.39, 0.29) is 5.97 Å². The molecule has 0 N–H and O–H groups in total. The summed E-state index contributed by atoms with van der Waals surface area (Å²) in [4.78, 5) is 11.2. The lowest BCUT2D eigenvalue weighted by molar-refractivity contribution is -0.139. The van der Waals surface area contributed by atoms with Crippen molar-refractivity contribution in [2.24, 2.45) is 0 Å². The fourth-order valence-electron chi connectivity index (χ4n) is 1.64. The third kappa shape index (κ3) is 4.69. The van der Waals surface area contributed by atoms with Crippen LogP contribution in [0, 0.1) is 0 Å². The molecule has 0 radical (unpaired) electrons. The predicted octanol–water partition coefficient (Wildman–Crippen LogP) is 3.13. The summed E-state index contributed by atoms with van der Waals surface area (Å²) in [6, 6.07) is 5.87. The van der Waals surface area contributed by atoms with Crippen molar-refractivity contribution < 1.29 is 14.3 Å². The van der Waals surface area contributed by atoms with Crippen molar-refractivity contribution in [2.75, 3.05) is 19.0 Å². The van der Waals surface area contributed by atoms with E-state index in [2.05, 4.69) is 27.6 Å². The molecule has 0 unspecified atom stereocenters. The number of alkyl halides is 1. The van der Waals surface area contributed by atoms with Crippen LogP contribution >= 0.6 is 15.9 Å². The first-order valence-corrected chi connectivity index (χ1v) is 7.20. The van der Waals surface area contributed by atoms with E-state index >= 15 is 0 Å². The summed E-state index contributed by atoms with van der Waals surface area (Å²) in [5.74, 6) is 0.692. The standard InChI is InChI=1S/C14H19BrO3/c1-3-12-9-11(10-14(16)17-2)5-6-13(12)18-8-4-7-15/h5-6,9H,3-4,7-8,10H2,1-2H3. The molecule has 100 valence electrons. The maximum Gasteiger partial charge on any atom is 0.309 e. The minimum atomic E-state index is -0.218. The van der Waals surface area contributed by atoms with Gasteiger partial charge in [-0.05, 0) is 30.0 Å². The van der Waals surface area contributed by atoms with Gasteiger partial charge >= 0.3 is 5.97 Å². The Kier molecular flexibility index (Phi) is 6.80. The van der Waals surface area contributed by atoms with Crippen molar-refractivity contribution >= 4 is 21.9 Å². The Balaban J connectivity index is 2.73. The lowest BCUT2D eigenvalue weighted by Gasteiger charge is -2.11. The molecule has 3 nitrogen and oxygen atoms in total. The molecule has 0 saturated heterocycles. The largest absolute Gasteiger partial charge is 0.493 e. The molecule has 0 aromatic heterocycles. The van der Waals surface area contributed by atoms with E-state index in [1.54, 1.807) is 0 Å². The topological polar surface area (TPSA) is 35.5 Å². The highest BCUT2D eigenvalue weighted by Crippen LogP contribution is 2.21. The van der Waals surface area contributed by atoms with Crippen LogP contribution < -0.4 is 4.74 Å². The number of esters is 1. The molecular formula is C14H19BrO3. The van der Waals surface area contributed by atoms with Crippen LogP contribution in [0.4, 0.5) is 0 Å². The van der Waals surface area contributed by atoms with Crippen molar-refractivity contribution in [1.82, 2.24) is 0 Å². The summed E-state index contributed by atoms with van der Waals surface area (Å²) >= 11 is 3.37. The summed E-state index contributed by atoms with van der Waals surface area (Å²) in [6.07, 6.45) is 2.18. The van der Waals surface area contributed by atoms with Gasteiger partial charge in [-0.25, -0.2) is 0 Å². The number of carbonyl (C=O) groups is 1. The highest BCUT2D eigenvalue weighted by Gasteiger charge is 2.07. The van der Waals surface area contributed by atoms with Crippen molar-refractivity contribution in [3.05, 3.63) is 29.3 Å². The second-order valence-electron chi connectivity index (χ2n) is 3.94. The van der Waals surface area contributed by atoms with E-state index in [0.29, 0.717) is 13.0 Å². The quantitative estimate of drug-likeness (QED) is 0.440. The first kappa shape index (κ1) is 15.0. The number of methoxy groups -OCH3 is 1. The first-order chi connectivity index (χ1) is 8.71. The van der Waals surface area contributed by atoms with Gasteiger partial charge in [-0.2, -0.15) is 0 Å². The number of hydrogen-bond donors (Lipinski definition) is 0. The van der Waals surface area contributed by atoms with Gasteiger partial charge in [0.25, 0.3) is 0 Å². The third-order valence-corrected chi connectivity index (χ3v) is 3.18. The molecular weight excluding hydrogens is 296 g/mol. The van der Waals surface area contributed by atoms with Crippen LogP contribution in [0.25, 0.3) is 0 Å². The smallest absolute Gasteiger partial charge is 0.309 e. The van der Waals surface area contributed by atoms with Crippen LogP contribution in [0.5, 0.6) is 5.75 Å². The van der Waals surface area contributed by atoms with E-state index in [9.17, 15) is 4.79 Å². The fraction of sp³-hybridized carbons (Fsp3) is 0.500. The second-order valence-corrected chi connectivity index (χ2v) is 4.73. The Bertz CT molecular complexity index is 391. The van der Waals surface area contributed by atoms with E-state index in [1.807, 2.05) is 18.2 Å². The normalized spacial score (nSPS) is 10.2. The number of halogens is 1. The van der Waals surface area contributed by atoms with Crippen molar-refractivity contribution in [3.8, 4) is 5.75 Å². The molecule has 0 aliphatic heterocycles. The molecule has 0 fully saturated rings. The summed E-state index contributed by atoms with van der Waals surface area (Å²) in [6.45, 7) is 2.78. The van der Waals surface area contributed by atoms with Gasteiger partial charge in [0.1, 0.15) is 5.75 Å². The average molecular weight is 315 g/mol. The summed E-state index contributed by atoms with van der Waals surface area (Å²) in [5.41, 5.74) is 2.09. The van der Waals surface area contributed by atoms with Gasteiger partial charge < -0.3 is 9.47 Å². The summed E-state index contributed by atoms with van der Waals surface area (Å²) in [7, 11) is 1.40. The molecule has 0 spiro atoms. The van der Waals surface area contributed by atoms with Gasteiger partial charge in [0, 0.05) is 5.33 Å². The summed E-state index contributed by atoms with van der Waals surface area (Å²) < 4.78 is 10.4. The van der Waals surface area contributed by atoms with Crippen LogP contribution in [-0.4, -0.2) is 25.0 Å². The third-order valence-electron chi connectivity index (χ3n) is 2.62. The minimum absolute atomic E-state index is 0.218. The molecule has 0 heterocycles. The highest BCUT2D eigenvalue weighted by atomic mass is 79.9. The molecule has 1 rings (SSSR count). The Morgan fingerprint density at radius 3 is 2.78 bits per heavy atom. The molecule has 0 saturated carbocycles. The second kappa shape index (κ2) is 8.14.